The molecule has 0 radical (unpaired) electrons. The van der Waals surface area contributed by atoms with Crippen molar-refractivity contribution in [2.24, 2.45) is 0 Å². The fourth-order valence-corrected chi connectivity index (χ4v) is 3.70. The van der Waals surface area contributed by atoms with Crippen LogP contribution in [0.4, 0.5) is 16.5 Å². The van der Waals surface area contributed by atoms with E-state index in [-0.39, 0.29) is 11.7 Å². The van der Waals surface area contributed by atoms with Gasteiger partial charge in [-0.1, -0.05) is 40.8 Å². The Balaban J connectivity index is 1.51. The molecule has 3 aromatic rings. The molecule has 2 aromatic carbocycles. The molecule has 134 valence electrons. The summed E-state index contributed by atoms with van der Waals surface area (Å²) in [5.74, 6) is 0.888. The third kappa shape index (κ3) is 5.35. The molecule has 2 N–H and O–H groups in total. The third-order valence-electron chi connectivity index (χ3n) is 3.18. The minimum atomic E-state index is -0.116. The number of hydrogen-bond donors (Lipinski definition) is 2. The van der Waals surface area contributed by atoms with E-state index in [4.69, 9.17) is 16.3 Å². The van der Waals surface area contributed by atoms with Crippen LogP contribution in [0.25, 0.3) is 0 Å². The predicted octanol–water partition coefficient (Wildman–Crippen LogP) is 4.67. The standard InChI is InChI=1S/C17H15ClN4O2S2/c1-24-14-4-2-3-13(9-14)20-16-21-22-17(26-16)25-10-15(23)19-12-7-5-11(18)6-8-12/h2-9H,10H2,1H3,(H,19,23)(H,20,21). The van der Waals surface area contributed by atoms with Crippen molar-refractivity contribution < 1.29 is 9.53 Å². The third-order valence-corrected chi connectivity index (χ3v) is 5.41. The lowest BCUT2D eigenvalue weighted by molar-refractivity contribution is -0.113. The fraction of sp³-hybridized carbons (Fsp3) is 0.118. The second-order valence-electron chi connectivity index (χ2n) is 5.07. The first-order chi connectivity index (χ1) is 12.6. The van der Waals surface area contributed by atoms with E-state index in [9.17, 15) is 4.79 Å². The number of thioether (sulfide) groups is 1. The lowest BCUT2D eigenvalue weighted by atomic mass is 10.3. The van der Waals surface area contributed by atoms with Gasteiger partial charge in [-0.2, -0.15) is 0 Å². The second-order valence-corrected chi connectivity index (χ2v) is 7.71. The maximum Gasteiger partial charge on any atom is 0.234 e. The number of ether oxygens (including phenoxy) is 1. The first-order valence-corrected chi connectivity index (χ1v) is 9.73. The molecule has 0 aliphatic carbocycles. The van der Waals surface area contributed by atoms with Crippen molar-refractivity contribution in [2.75, 3.05) is 23.5 Å². The highest BCUT2D eigenvalue weighted by Crippen LogP contribution is 2.28. The SMILES string of the molecule is COc1cccc(Nc2nnc(SCC(=O)Nc3ccc(Cl)cc3)s2)c1. The molecule has 1 aromatic heterocycles. The van der Waals surface area contributed by atoms with E-state index in [0.29, 0.717) is 20.2 Å². The Hall–Kier alpha value is -2.29. The highest BCUT2D eigenvalue weighted by molar-refractivity contribution is 8.01. The molecule has 9 heteroatoms. The highest BCUT2D eigenvalue weighted by atomic mass is 35.5. The lowest BCUT2D eigenvalue weighted by Gasteiger charge is -2.04. The summed E-state index contributed by atoms with van der Waals surface area (Å²) in [5.41, 5.74) is 1.56. The predicted molar refractivity (Wildman–Crippen MR) is 107 cm³/mol. The first-order valence-electron chi connectivity index (χ1n) is 7.55. The van der Waals surface area contributed by atoms with Crippen molar-refractivity contribution in [1.29, 1.82) is 0 Å². The van der Waals surface area contributed by atoms with Crippen LogP contribution in [0.2, 0.25) is 5.02 Å². The number of carbonyl (C=O) groups is 1. The molecule has 0 bridgehead atoms. The average Bonchev–Trinajstić information content (AvgIpc) is 3.09. The van der Waals surface area contributed by atoms with Gasteiger partial charge in [0.1, 0.15) is 5.75 Å². The Bertz CT molecular complexity index is 886. The summed E-state index contributed by atoms with van der Waals surface area (Å²) >= 11 is 8.54. The normalized spacial score (nSPS) is 10.4. The summed E-state index contributed by atoms with van der Waals surface area (Å²) in [5, 5.41) is 15.4. The summed E-state index contributed by atoms with van der Waals surface area (Å²) in [7, 11) is 1.62. The van der Waals surface area contributed by atoms with Gasteiger partial charge >= 0.3 is 0 Å². The molecule has 0 saturated heterocycles. The van der Waals surface area contributed by atoms with E-state index in [1.54, 1.807) is 31.4 Å². The number of methoxy groups -OCH3 is 1. The number of halogens is 1. The Morgan fingerprint density at radius 1 is 1.19 bits per heavy atom. The van der Waals surface area contributed by atoms with Crippen LogP contribution in [0.1, 0.15) is 0 Å². The number of hydrogen-bond acceptors (Lipinski definition) is 7. The van der Waals surface area contributed by atoms with Gasteiger partial charge in [0.05, 0.1) is 12.9 Å². The smallest absolute Gasteiger partial charge is 0.234 e. The van der Waals surface area contributed by atoms with Gasteiger partial charge in [-0.25, -0.2) is 0 Å². The number of anilines is 3. The summed E-state index contributed by atoms with van der Waals surface area (Å²) in [6.45, 7) is 0. The number of rotatable bonds is 7. The zero-order valence-electron chi connectivity index (χ0n) is 13.7. The summed E-state index contributed by atoms with van der Waals surface area (Å²) < 4.78 is 5.90. The molecule has 0 aliphatic heterocycles. The Labute approximate surface area is 163 Å². The van der Waals surface area contributed by atoms with Gasteiger partial charge in [0.2, 0.25) is 11.0 Å². The maximum absolute atomic E-state index is 12.0. The van der Waals surface area contributed by atoms with Crippen LogP contribution in [0.15, 0.2) is 52.9 Å². The molecule has 6 nitrogen and oxygen atoms in total. The second kappa shape index (κ2) is 8.88. The summed E-state index contributed by atoms with van der Waals surface area (Å²) in [4.78, 5) is 12.0. The molecular formula is C17H15ClN4O2S2. The van der Waals surface area contributed by atoms with Crippen LogP contribution in [0.3, 0.4) is 0 Å². The molecule has 0 spiro atoms. The molecule has 0 atom stereocenters. The lowest BCUT2D eigenvalue weighted by Crippen LogP contribution is -2.13. The molecular weight excluding hydrogens is 392 g/mol. The van der Waals surface area contributed by atoms with Gasteiger partial charge in [0.25, 0.3) is 0 Å². The number of benzene rings is 2. The van der Waals surface area contributed by atoms with E-state index in [1.807, 2.05) is 24.3 Å². The highest BCUT2D eigenvalue weighted by Gasteiger charge is 2.09. The zero-order valence-corrected chi connectivity index (χ0v) is 16.1. The van der Waals surface area contributed by atoms with Crippen LogP contribution in [-0.2, 0) is 4.79 Å². The van der Waals surface area contributed by atoms with Crippen LogP contribution < -0.4 is 15.4 Å². The molecule has 3 rings (SSSR count). The molecule has 26 heavy (non-hydrogen) atoms. The van der Waals surface area contributed by atoms with Crippen molar-refractivity contribution in [3.05, 3.63) is 53.6 Å². The summed E-state index contributed by atoms with van der Waals surface area (Å²) in [6.07, 6.45) is 0. The Morgan fingerprint density at radius 3 is 2.77 bits per heavy atom. The minimum Gasteiger partial charge on any atom is -0.497 e. The topological polar surface area (TPSA) is 76.1 Å². The molecule has 0 aliphatic rings. The van der Waals surface area contributed by atoms with Crippen LogP contribution in [0, 0.1) is 0 Å². The van der Waals surface area contributed by atoms with Crippen LogP contribution >= 0.6 is 34.7 Å². The van der Waals surface area contributed by atoms with E-state index in [1.165, 1.54) is 23.1 Å². The molecule has 1 amide bonds. The van der Waals surface area contributed by atoms with Gasteiger partial charge in [0.15, 0.2) is 4.34 Å². The molecule has 0 fully saturated rings. The number of carbonyl (C=O) groups excluding carboxylic acids is 1. The maximum atomic E-state index is 12.0. The van der Waals surface area contributed by atoms with E-state index < -0.39 is 0 Å². The van der Waals surface area contributed by atoms with Crippen molar-refractivity contribution in [2.45, 2.75) is 4.34 Å². The molecule has 0 saturated carbocycles. The van der Waals surface area contributed by atoms with Crippen molar-refractivity contribution in [3.8, 4) is 5.75 Å². The molecule has 0 unspecified atom stereocenters. The van der Waals surface area contributed by atoms with Gasteiger partial charge in [-0.15, -0.1) is 10.2 Å². The number of aromatic nitrogens is 2. The van der Waals surface area contributed by atoms with E-state index in [0.717, 1.165) is 11.4 Å². The van der Waals surface area contributed by atoms with Crippen LogP contribution in [-0.4, -0.2) is 29.0 Å². The van der Waals surface area contributed by atoms with Crippen molar-refractivity contribution in [1.82, 2.24) is 10.2 Å². The van der Waals surface area contributed by atoms with Crippen molar-refractivity contribution >= 4 is 57.1 Å². The molecule has 1 heterocycles. The Kier molecular flexibility index (Phi) is 6.32. The quantitative estimate of drug-likeness (QED) is 0.555. The van der Waals surface area contributed by atoms with Gasteiger partial charge < -0.3 is 15.4 Å². The van der Waals surface area contributed by atoms with Gasteiger partial charge in [-0.05, 0) is 36.4 Å². The Morgan fingerprint density at radius 2 is 2.00 bits per heavy atom. The van der Waals surface area contributed by atoms with Gasteiger partial charge in [-0.3, -0.25) is 4.79 Å². The monoisotopic (exact) mass is 406 g/mol. The number of amides is 1. The summed E-state index contributed by atoms with van der Waals surface area (Å²) in [6, 6.07) is 14.5. The van der Waals surface area contributed by atoms with Crippen LogP contribution in [0.5, 0.6) is 5.75 Å². The first kappa shape index (κ1) is 18.5. The van der Waals surface area contributed by atoms with E-state index >= 15 is 0 Å². The fourth-order valence-electron chi connectivity index (χ4n) is 2.00. The van der Waals surface area contributed by atoms with E-state index in [2.05, 4.69) is 20.8 Å². The van der Waals surface area contributed by atoms with Gasteiger partial charge in [0, 0.05) is 22.5 Å². The number of nitrogens with one attached hydrogen (secondary N) is 2. The van der Waals surface area contributed by atoms with Crippen molar-refractivity contribution in [3.63, 3.8) is 0 Å². The number of nitrogens with zero attached hydrogens (tertiary/aromatic N) is 2. The largest absolute Gasteiger partial charge is 0.497 e. The minimum absolute atomic E-state index is 0.116. The average molecular weight is 407 g/mol. The zero-order chi connectivity index (χ0) is 18.4.